The van der Waals surface area contributed by atoms with Gasteiger partial charge in [-0.25, -0.2) is 4.98 Å². The molecule has 23 heavy (non-hydrogen) atoms. The number of hydrogen-bond acceptors (Lipinski definition) is 4. The Labute approximate surface area is 136 Å². The second-order valence-corrected chi connectivity index (χ2v) is 6.10. The van der Waals surface area contributed by atoms with Gasteiger partial charge in [0.1, 0.15) is 12.7 Å². The van der Waals surface area contributed by atoms with E-state index in [0.29, 0.717) is 6.04 Å². The largest absolute Gasteiger partial charge is 0.339 e. The molecule has 0 spiro atoms. The number of amides is 1. The number of rotatable bonds is 6. The summed E-state index contributed by atoms with van der Waals surface area (Å²) in [7, 11) is 0. The average molecular weight is 313 g/mol. The smallest absolute Gasteiger partial charge is 0.253 e. The Hall–Kier alpha value is -2.21. The van der Waals surface area contributed by atoms with Crippen LogP contribution >= 0.6 is 0 Å². The molecular formula is C17H23N5O. The second-order valence-electron chi connectivity index (χ2n) is 6.10. The van der Waals surface area contributed by atoms with Crippen LogP contribution in [0.5, 0.6) is 0 Å². The number of carbonyl (C=O) groups is 1. The lowest BCUT2D eigenvalue weighted by Gasteiger charge is -2.16. The maximum Gasteiger partial charge on any atom is 0.253 e. The lowest BCUT2D eigenvalue weighted by Crippen LogP contribution is -2.30. The third kappa shape index (κ3) is 4.16. The molecule has 1 amide bonds. The van der Waals surface area contributed by atoms with Gasteiger partial charge < -0.3 is 10.2 Å². The lowest BCUT2D eigenvalue weighted by molar-refractivity contribution is 0.0793. The van der Waals surface area contributed by atoms with Crippen molar-refractivity contribution in [2.45, 2.75) is 38.9 Å². The topological polar surface area (TPSA) is 63.1 Å². The van der Waals surface area contributed by atoms with E-state index in [-0.39, 0.29) is 5.91 Å². The Morgan fingerprint density at radius 3 is 2.65 bits per heavy atom. The fourth-order valence-corrected chi connectivity index (χ4v) is 2.83. The van der Waals surface area contributed by atoms with Crippen LogP contribution < -0.4 is 5.32 Å². The van der Waals surface area contributed by atoms with E-state index in [1.165, 1.54) is 5.56 Å². The van der Waals surface area contributed by atoms with Gasteiger partial charge in [-0.05, 0) is 37.5 Å². The fraction of sp³-hybridized carbons (Fsp3) is 0.471. The van der Waals surface area contributed by atoms with E-state index in [0.717, 1.165) is 44.6 Å². The van der Waals surface area contributed by atoms with Crippen LogP contribution in [0, 0.1) is 0 Å². The molecular weight excluding hydrogens is 290 g/mol. The van der Waals surface area contributed by atoms with Crippen molar-refractivity contribution < 1.29 is 4.79 Å². The van der Waals surface area contributed by atoms with Crippen LogP contribution in [0.3, 0.4) is 0 Å². The average Bonchev–Trinajstić information content (AvgIpc) is 3.26. The van der Waals surface area contributed by atoms with Gasteiger partial charge in [0.15, 0.2) is 0 Å². The highest BCUT2D eigenvalue weighted by Gasteiger charge is 2.19. The molecule has 1 atom stereocenters. The molecule has 1 fully saturated rings. The Morgan fingerprint density at radius 2 is 2.00 bits per heavy atom. The first-order valence-corrected chi connectivity index (χ1v) is 8.16. The van der Waals surface area contributed by atoms with Crippen molar-refractivity contribution in [1.29, 1.82) is 0 Å². The molecule has 1 aromatic carbocycles. The van der Waals surface area contributed by atoms with E-state index in [2.05, 4.69) is 22.3 Å². The predicted molar refractivity (Wildman–Crippen MR) is 87.9 cm³/mol. The standard InChI is InChI=1S/C17H23N5O/c1-14(11-22-13-18-12-20-22)19-10-15-4-6-16(7-5-15)17(23)21-8-2-3-9-21/h4-7,12-14,19H,2-3,8-11H2,1H3/t14-/m1/s1. The Morgan fingerprint density at radius 1 is 1.26 bits per heavy atom. The molecule has 122 valence electrons. The monoisotopic (exact) mass is 313 g/mol. The minimum Gasteiger partial charge on any atom is -0.339 e. The molecule has 1 saturated heterocycles. The van der Waals surface area contributed by atoms with Crippen LogP contribution in [0.4, 0.5) is 0 Å². The molecule has 1 aromatic heterocycles. The summed E-state index contributed by atoms with van der Waals surface area (Å²) in [6.07, 6.45) is 5.51. The molecule has 0 radical (unpaired) electrons. The first-order chi connectivity index (χ1) is 11.2. The zero-order valence-corrected chi connectivity index (χ0v) is 13.5. The molecule has 1 aliphatic rings. The molecule has 2 aromatic rings. The zero-order chi connectivity index (χ0) is 16.1. The summed E-state index contributed by atoms with van der Waals surface area (Å²) in [6.45, 7) is 5.45. The third-order valence-electron chi connectivity index (χ3n) is 4.18. The summed E-state index contributed by atoms with van der Waals surface area (Å²) in [6, 6.07) is 8.21. The highest BCUT2D eigenvalue weighted by molar-refractivity contribution is 5.94. The van der Waals surface area contributed by atoms with Gasteiger partial charge in [-0.15, -0.1) is 0 Å². The van der Waals surface area contributed by atoms with Crippen LogP contribution in [0.1, 0.15) is 35.7 Å². The van der Waals surface area contributed by atoms with Gasteiger partial charge in [-0.3, -0.25) is 9.48 Å². The van der Waals surface area contributed by atoms with Crippen LogP contribution in [0.15, 0.2) is 36.9 Å². The highest BCUT2D eigenvalue weighted by atomic mass is 16.2. The van der Waals surface area contributed by atoms with Crippen molar-refractivity contribution in [3.05, 3.63) is 48.0 Å². The number of nitrogens with zero attached hydrogens (tertiary/aromatic N) is 4. The van der Waals surface area contributed by atoms with Gasteiger partial charge in [0.25, 0.3) is 5.91 Å². The molecule has 6 nitrogen and oxygen atoms in total. The first-order valence-electron chi connectivity index (χ1n) is 8.16. The van der Waals surface area contributed by atoms with E-state index in [9.17, 15) is 4.79 Å². The van der Waals surface area contributed by atoms with Gasteiger partial charge in [0, 0.05) is 31.2 Å². The summed E-state index contributed by atoms with van der Waals surface area (Å²) in [4.78, 5) is 18.2. The number of benzene rings is 1. The minimum atomic E-state index is 0.154. The molecule has 0 bridgehead atoms. The fourth-order valence-electron chi connectivity index (χ4n) is 2.83. The van der Waals surface area contributed by atoms with Gasteiger partial charge in [0.05, 0.1) is 6.54 Å². The van der Waals surface area contributed by atoms with Crippen molar-refractivity contribution in [3.8, 4) is 0 Å². The summed E-state index contributed by atoms with van der Waals surface area (Å²) >= 11 is 0. The Balaban J connectivity index is 1.50. The van der Waals surface area contributed by atoms with Crippen molar-refractivity contribution in [1.82, 2.24) is 25.0 Å². The second kappa shape index (κ2) is 7.37. The first kappa shape index (κ1) is 15.7. The molecule has 6 heteroatoms. The maximum atomic E-state index is 12.3. The summed E-state index contributed by atoms with van der Waals surface area (Å²) in [5.41, 5.74) is 1.96. The summed E-state index contributed by atoms with van der Waals surface area (Å²) in [5.74, 6) is 0.154. The molecule has 0 unspecified atom stereocenters. The Bertz CT molecular complexity index is 617. The van der Waals surface area contributed by atoms with E-state index in [4.69, 9.17) is 0 Å². The van der Waals surface area contributed by atoms with Gasteiger partial charge >= 0.3 is 0 Å². The minimum absolute atomic E-state index is 0.154. The number of aromatic nitrogens is 3. The molecule has 2 heterocycles. The van der Waals surface area contributed by atoms with Crippen molar-refractivity contribution >= 4 is 5.91 Å². The van der Waals surface area contributed by atoms with Gasteiger partial charge in [-0.2, -0.15) is 5.10 Å². The third-order valence-corrected chi connectivity index (χ3v) is 4.18. The normalized spacial score (nSPS) is 15.8. The van der Waals surface area contributed by atoms with E-state index in [1.807, 2.05) is 33.8 Å². The zero-order valence-electron chi connectivity index (χ0n) is 13.5. The number of likely N-dealkylation sites (tertiary alicyclic amines) is 1. The summed E-state index contributed by atoms with van der Waals surface area (Å²) in [5, 5.41) is 7.56. The summed E-state index contributed by atoms with van der Waals surface area (Å²) < 4.78 is 1.81. The number of carbonyl (C=O) groups excluding carboxylic acids is 1. The highest BCUT2D eigenvalue weighted by Crippen LogP contribution is 2.13. The number of hydrogen-bond donors (Lipinski definition) is 1. The van der Waals surface area contributed by atoms with Crippen LogP contribution in [-0.4, -0.2) is 44.7 Å². The van der Waals surface area contributed by atoms with E-state index < -0.39 is 0 Å². The molecule has 0 aliphatic carbocycles. The van der Waals surface area contributed by atoms with E-state index >= 15 is 0 Å². The molecule has 1 aliphatic heterocycles. The van der Waals surface area contributed by atoms with Gasteiger partial charge in [-0.1, -0.05) is 12.1 Å². The van der Waals surface area contributed by atoms with Crippen molar-refractivity contribution in [2.24, 2.45) is 0 Å². The van der Waals surface area contributed by atoms with E-state index in [1.54, 1.807) is 12.7 Å². The molecule has 0 saturated carbocycles. The van der Waals surface area contributed by atoms with Crippen molar-refractivity contribution in [3.63, 3.8) is 0 Å². The van der Waals surface area contributed by atoms with Crippen molar-refractivity contribution in [2.75, 3.05) is 13.1 Å². The van der Waals surface area contributed by atoms with Gasteiger partial charge in [0.2, 0.25) is 0 Å². The maximum absolute atomic E-state index is 12.3. The number of nitrogens with one attached hydrogen (secondary N) is 1. The molecule has 3 rings (SSSR count). The Kier molecular flexibility index (Phi) is 5.02. The lowest BCUT2D eigenvalue weighted by atomic mass is 10.1. The van der Waals surface area contributed by atoms with Crippen LogP contribution in [0.25, 0.3) is 0 Å². The molecule has 1 N–H and O–H groups in total. The van der Waals surface area contributed by atoms with Crippen LogP contribution in [-0.2, 0) is 13.1 Å². The van der Waals surface area contributed by atoms with Crippen LogP contribution in [0.2, 0.25) is 0 Å². The predicted octanol–water partition coefficient (Wildman–Crippen LogP) is 1.69. The quantitative estimate of drug-likeness (QED) is 0.881. The SMILES string of the molecule is C[C@H](Cn1cncn1)NCc1ccc(C(=O)N2CCCC2)cc1.